The molecule has 1 saturated heterocycles. The van der Waals surface area contributed by atoms with E-state index in [-0.39, 0.29) is 18.4 Å². The minimum Gasteiger partial charge on any atom is -0.497 e. The number of methoxy groups -OCH3 is 3. The standard InChI is InChI=1S/C24H31BrN2O4/c1-29-18-8-10-23(30-2)19(14-18)21(27-11-5-4-6-12-27)15-26-16-22(28)17-7-9-24(31-3)20(25)13-17/h7-10,13-14,21,26H,4-6,11-12,15-16H2,1-3H3. The first kappa shape index (κ1) is 23.6. The molecule has 31 heavy (non-hydrogen) atoms. The number of piperidine rings is 1. The van der Waals surface area contributed by atoms with Crippen LogP contribution in [0.15, 0.2) is 40.9 Å². The number of nitrogens with one attached hydrogen (secondary N) is 1. The lowest BCUT2D eigenvalue weighted by Crippen LogP contribution is -2.40. The van der Waals surface area contributed by atoms with E-state index in [1.807, 2.05) is 18.2 Å². The van der Waals surface area contributed by atoms with E-state index in [0.717, 1.165) is 34.6 Å². The van der Waals surface area contributed by atoms with Crippen molar-refractivity contribution in [1.82, 2.24) is 10.2 Å². The number of likely N-dealkylation sites (tertiary alicyclic amines) is 1. The summed E-state index contributed by atoms with van der Waals surface area (Å²) in [6.07, 6.45) is 3.62. The molecule has 6 nitrogen and oxygen atoms in total. The van der Waals surface area contributed by atoms with E-state index in [4.69, 9.17) is 14.2 Å². The van der Waals surface area contributed by atoms with Crippen LogP contribution >= 0.6 is 15.9 Å². The Morgan fingerprint density at radius 2 is 1.71 bits per heavy atom. The van der Waals surface area contributed by atoms with Crippen molar-refractivity contribution in [3.05, 3.63) is 52.0 Å². The van der Waals surface area contributed by atoms with Gasteiger partial charge in [0.1, 0.15) is 17.2 Å². The van der Waals surface area contributed by atoms with Gasteiger partial charge in [-0.3, -0.25) is 9.69 Å². The summed E-state index contributed by atoms with van der Waals surface area (Å²) in [6, 6.07) is 11.4. The summed E-state index contributed by atoms with van der Waals surface area (Å²) in [7, 11) is 4.97. The lowest BCUT2D eigenvalue weighted by Gasteiger charge is -2.35. The molecule has 0 amide bonds. The third-order valence-corrected chi connectivity index (χ3v) is 6.34. The first-order valence-electron chi connectivity index (χ1n) is 10.6. The maximum atomic E-state index is 12.7. The molecule has 7 heteroatoms. The third-order valence-electron chi connectivity index (χ3n) is 5.72. The number of ketones is 1. The lowest BCUT2D eigenvalue weighted by atomic mass is 10.00. The van der Waals surface area contributed by atoms with Crippen molar-refractivity contribution in [3.8, 4) is 17.2 Å². The number of Topliss-reactive ketones (excluding diaryl/α,β-unsaturated/α-hetero) is 1. The van der Waals surface area contributed by atoms with Gasteiger partial charge in [-0.05, 0) is 78.3 Å². The summed E-state index contributed by atoms with van der Waals surface area (Å²) in [4.78, 5) is 15.2. The van der Waals surface area contributed by atoms with E-state index < -0.39 is 0 Å². The lowest BCUT2D eigenvalue weighted by molar-refractivity contribution is 0.0983. The molecule has 168 valence electrons. The molecule has 0 bridgehead atoms. The van der Waals surface area contributed by atoms with E-state index in [9.17, 15) is 4.79 Å². The van der Waals surface area contributed by atoms with Crippen LogP contribution in [0.3, 0.4) is 0 Å². The van der Waals surface area contributed by atoms with Crippen LogP contribution in [-0.2, 0) is 0 Å². The van der Waals surface area contributed by atoms with Crippen LogP contribution in [0.25, 0.3) is 0 Å². The summed E-state index contributed by atoms with van der Waals surface area (Å²) in [5.74, 6) is 2.39. The van der Waals surface area contributed by atoms with E-state index in [0.29, 0.717) is 17.9 Å². The Bertz CT molecular complexity index is 884. The molecular formula is C24H31BrN2O4. The largest absolute Gasteiger partial charge is 0.497 e. The van der Waals surface area contributed by atoms with Crippen LogP contribution in [0.1, 0.15) is 41.2 Å². The van der Waals surface area contributed by atoms with Gasteiger partial charge in [-0.15, -0.1) is 0 Å². The second kappa shape index (κ2) is 11.5. The first-order chi connectivity index (χ1) is 15.1. The van der Waals surface area contributed by atoms with Crippen molar-refractivity contribution in [1.29, 1.82) is 0 Å². The molecule has 1 aliphatic heterocycles. The fraction of sp³-hybridized carbons (Fsp3) is 0.458. The maximum absolute atomic E-state index is 12.7. The molecule has 1 N–H and O–H groups in total. The first-order valence-corrected chi connectivity index (χ1v) is 11.4. The smallest absolute Gasteiger partial charge is 0.176 e. The maximum Gasteiger partial charge on any atom is 0.176 e. The van der Waals surface area contributed by atoms with Gasteiger partial charge in [0.05, 0.1) is 38.4 Å². The van der Waals surface area contributed by atoms with Crippen molar-refractivity contribution in [2.45, 2.75) is 25.3 Å². The van der Waals surface area contributed by atoms with Crippen LogP contribution in [0.2, 0.25) is 0 Å². The van der Waals surface area contributed by atoms with Crippen LogP contribution < -0.4 is 19.5 Å². The Morgan fingerprint density at radius 3 is 2.35 bits per heavy atom. The van der Waals surface area contributed by atoms with Crippen LogP contribution in [0, 0.1) is 0 Å². The third kappa shape index (κ3) is 5.99. The SMILES string of the molecule is COc1ccc(OC)c(C(CNCC(=O)c2ccc(OC)c(Br)c2)N2CCCCC2)c1. The minimum absolute atomic E-state index is 0.0401. The monoisotopic (exact) mass is 490 g/mol. The van der Waals surface area contributed by atoms with Gasteiger partial charge in [0.2, 0.25) is 0 Å². The molecule has 0 radical (unpaired) electrons. The number of ether oxygens (including phenoxy) is 3. The number of carbonyl (C=O) groups is 1. The Balaban J connectivity index is 1.74. The average molecular weight is 491 g/mol. The second-order valence-corrected chi connectivity index (χ2v) is 8.48. The van der Waals surface area contributed by atoms with Crippen LogP contribution in [-0.4, -0.2) is 58.2 Å². The Labute approximate surface area is 193 Å². The van der Waals surface area contributed by atoms with Crippen molar-refractivity contribution in [2.24, 2.45) is 0 Å². The normalized spacial score (nSPS) is 15.4. The van der Waals surface area contributed by atoms with E-state index in [1.165, 1.54) is 19.3 Å². The Hall–Kier alpha value is -2.09. The molecule has 1 heterocycles. The van der Waals surface area contributed by atoms with Gasteiger partial charge in [0.15, 0.2) is 5.78 Å². The molecule has 1 fully saturated rings. The van der Waals surface area contributed by atoms with Crippen LogP contribution in [0.5, 0.6) is 17.2 Å². The molecule has 0 aromatic heterocycles. The van der Waals surface area contributed by atoms with Crippen molar-refractivity contribution < 1.29 is 19.0 Å². The predicted octanol–water partition coefficient (Wildman–Crippen LogP) is 4.47. The molecule has 0 aliphatic carbocycles. The van der Waals surface area contributed by atoms with Gasteiger partial charge in [-0.25, -0.2) is 0 Å². The summed E-state index contributed by atoms with van der Waals surface area (Å²) < 4.78 is 17.1. The fourth-order valence-corrected chi connectivity index (χ4v) is 4.57. The zero-order valence-corrected chi connectivity index (χ0v) is 20.0. The molecular weight excluding hydrogens is 460 g/mol. The number of hydrogen-bond acceptors (Lipinski definition) is 6. The van der Waals surface area contributed by atoms with Gasteiger partial charge in [-0.2, -0.15) is 0 Å². The highest BCUT2D eigenvalue weighted by atomic mass is 79.9. The van der Waals surface area contributed by atoms with Gasteiger partial charge in [-0.1, -0.05) is 6.42 Å². The summed E-state index contributed by atoms with van der Waals surface area (Å²) in [6.45, 7) is 2.97. The number of rotatable bonds is 10. The molecule has 2 aromatic carbocycles. The molecule has 0 saturated carbocycles. The number of carbonyl (C=O) groups excluding carboxylic acids is 1. The number of nitrogens with zero attached hydrogens (tertiary/aromatic N) is 1. The van der Waals surface area contributed by atoms with Crippen molar-refractivity contribution >= 4 is 21.7 Å². The molecule has 0 spiro atoms. The van der Waals surface area contributed by atoms with E-state index in [2.05, 4.69) is 26.1 Å². The summed E-state index contributed by atoms with van der Waals surface area (Å²) >= 11 is 3.45. The molecule has 1 unspecified atom stereocenters. The molecule has 3 rings (SSSR count). The van der Waals surface area contributed by atoms with Gasteiger partial charge < -0.3 is 19.5 Å². The second-order valence-electron chi connectivity index (χ2n) is 7.62. The summed E-state index contributed by atoms with van der Waals surface area (Å²) in [5.41, 5.74) is 1.73. The Morgan fingerprint density at radius 1 is 1.00 bits per heavy atom. The van der Waals surface area contributed by atoms with Crippen LogP contribution in [0.4, 0.5) is 0 Å². The van der Waals surface area contributed by atoms with Gasteiger partial charge in [0.25, 0.3) is 0 Å². The minimum atomic E-state index is 0.0401. The molecule has 2 aromatic rings. The number of hydrogen-bond donors (Lipinski definition) is 1. The fourth-order valence-electron chi connectivity index (χ4n) is 4.03. The highest BCUT2D eigenvalue weighted by Crippen LogP contribution is 2.34. The van der Waals surface area contributed by atoms with Gasteiger partial charge in [0, 0.05) is 17.7 Å². The number of benzene rings is 2. The van der Waals surface area contributed by atoms with Gasteiger partial charge >= 0.3 is 0 Å². The van der Waals surface area contributed by atoms with Crippen molar-refractivity contribution in [3.63, 3.8) is 0 Å². The Kier molecular flexibility index (Phi) is 8.75. The zero-order chi connectivity index (χ0) is 22.2. The topological polar surface area (TPSA) is 60.0 Å². The molecule has 1 atom stereocenters. The van der Waals surface area contributed by atoms with E-state index >= 15 is 0 Å². The van der Waals surface area contributed by atoms with Crippen molar-refractivity contribution in [2.75, 3.05) is 47.5 Å². The zero-order valence-electron chi connectivity index (χ0n) is 18.4. The van der Waals surface area contributed by atoms with E-state index in [1.54, 1.807) is 39.5 Å². The highest BCUT2D eigenvalue weighted by Gasteiger charge is 2.25. The summed E-state index contributed by atoms with van der Waals surface area (Å²) in [5, 5.41) is 3.38. The quantitative estimate of drug-likeness (QED) is 0.495. The molecule has 1 aliphatic rings. The predicted molar refractivity (Wildman–Crippen MR) is 126 cm³/mol. The average Bonchev–Trinajstić information content (AvgIpc) is 2.81. The highest BCUT2D eigenvalue weighted by molar-refractivity contribution is 9.10. The number of halogens is 1.